The highest BCUT2D eigenvalue weighted by atomic mass is 16.5. The minimum Gasteiger partial charge on any atom is -0.497 e. The summed E-state index contributed by atoms with van der Waals surface area (Å²) in [6, 6.07) is 27.6. The van der Waals surface area contributed by atoms with Crippen LogP contribution in [0.4, 0.5) is 0 Å². The molecule has 3 aliphatic rings. The Hall–Kier alpha value is -3.31. The van der Waals surface area contributed by atoms with E-state index in [0.717, 1.165) is 61.7 Å². The molecule has 3 aromatic carbocycles. The Bertz CT molecular complexity index is 1170. The van der Waals surface area contributed by atoms with Gasteiger partial charge in [-0.3, -0.25) is 4.90 Å². The van der Waals surface area contributed by atoms with Crippen molar-refractivity contribution in [2.75, 3.05) is 20.2 Å². The van der Waals surface area contributed by atoms with E-state index >= 15 is 0 Å². The third kappa shape index (κ3) is 3.66. The zero-order chi connectivity index (χ0) is 22.3. The van der Waals surface area contributed by atoms with Gasteiger partial charge in [0.25, 0.3) is 0 Å². The van der Waals surface area contributed by atoms with Crippen LogP contribution in [0.1, 0.15) is 42.0 Å². The second kappa shape index (κ2) is 8.23. The molecule has 3 aromatic rings. The Morgan fingerprint density at radius 3 is 2.58 bits per heavy atom. The third-order valence-electron chi connectivity index (χ3n) is 7.20. The first-order valence-electron chi connectivity index (χ1n) is 11.8. The lowest BCUT2D eigenvalue weighted by molar-refractivity contribution is -0.150. The van der Waals surface area contributed by atoms with Gasteiger partial charge >= 0.3 is 0 Å². The summed E-state index contributed by atoms with van der Waals surface area (Å²) in [5, 5.41) is 7.47. The van der Waals surface area contributed by atoms with Crippen molar-refractivity contribution < 1.29 is 9.47 Å². The van der Waals surface area contributed by atoms with E-state index in [-0.39, 0.29) is 6.04 Å². The maximum atomic E-state index is 6.77. The quantitative estimate of drug-likeness (QED) is 0.558. The lowest BCUT2D eigenvalue weighted by Gasteiger charge is -2.51. The lowest BCUT2D eigenvalue weighted by atomic mass is 9.90. The van der Waals surface area contributed by atoms with E-state index in [0.29, 0.717) is 0 Å². The average molecular weight is 440 g/mol. The average Bonchev–Trinajstić information content (AvgIpc) is 3.33. The van der Waals surface area contributed by atoms with Crippen LogP contribution >= 0.6 is 0 Å². The molecule has 0 bridgehead atoms. The number of rotatable bonds is 4. The van der Waals surface area contributed by atoms with E-state index in [1.165, 1.54) is 11.1 Å². The lowest BCUT2D eigenvalue weighted by Crippen LogP contribution is -2.59. The maximum absolute atomic E-state index is 6.77. The summed E-state index contributed by atoms with van der Waals surface area (Å²) >= 11 is 0. The molecular formula is C28H29N3O2. The van der Waals surface area contributed by atoms with Gasteiger partial charge in [-0.2, -0.15) is 5.10 Å². The van der Waals surface area contributed by atoms with Gasteiger partial charge in [-0.25, -0.2) is 5.01 Å². The third-order valence-corrected chi connectivity index (χ3v) is 7.20. The number of methoxy groups -OCH3 is 1. The Kier molecular flexibility index (Phi) is 5.07. The van der Waals surface area contributed by atoms with E-state index in [1.54, 1.807) is 7.11 Å². The van der Waals surface area contributed by atoms with Gasteiger partial charge in [-0.15, -0.1) is 0 Å². The highest BCUT2D eigenvalue weighted by molar-refractivity contribution is 6.02. The number of hydrazone groups is 1. The summed E-state index contributed by atoms with van der Waals surface area (Å²) in [5.74, 6) is 1.87. The fraction of sp³-hybridized carbons (Fsp3) is 0.321. The zero-order valence-electron chi connectivity index (χ0n) is 19.0. The van der Waals surface area contributed by atoms with Gasteiger partial charge in [0, 0.05) is 50.0 Å². The van der Waals surface area contributed by atoms with Crippen molar-refractivity contribution in [2.45, 2.75) is 37.6 Å². The standard InChI is InChI=1S/C28H29N3O2/c1-32-23-11-7-10-22(18-23)25-19-26-24-12-5-6-13-27(24)33-28(31(26)29-25)14-16-30(17-15-28)20-21-8-3-2-4-9-21/h2-13,18,26H,14-17,19-20H2,1H3. The fourth-order valence-corrected chi connectivity index (χ4v) is 5.44. The van der Waals surface area contributed by atoms with Crippen LogP contribution in [0, 0.1) is 0 Å². The molecule has 168 valence electrons. The number of para-hydroxylation sites is 1. The molecule has 0 N–H and O–H groups in total. The van der Waals surface area contributed by atoms with Gasteiger partial charge in [0.2, 0.25) is 5.72 Å². The van der Waals surface area contributed by atoms with E-state index < -0.39 is 5.72 Å². The summed E-state index contributed by atoms with van der Waals surface area (Å²) in [6.45, 7) is 2.96. The first kappa shape index (κ1) is 20.3. The largest absolute Gasteiger partial charge is 0.497 e. The predicted molar refractivity (Wildman–Crippen MR) is 129 cm³/mol. The number of fused-ring (bicyclic) bond motifs is 4. The number of benzene rings is 3. The van der Waals surface area contributed by atoms with Gasteiger partial charge in [0.1, 0.15) is 11.5 Å². The number of ether oxygens (including phenoxy) is 2. The summed E-state index contributed by atoms with van der Waals surface area (Å²) in [6.07, 6.45) is 2.74. The van der Waals surface area contributed by atoms with Gasteiger partial charge in [0.15, 0.2) is 0 Å². The normalized spacial score (nSPS) is 21.2. The first-order chi connectivity index (χ1) is 16.2. The molecule has 1 atom stereocenters. The summed E-state index contributed by atoms with van der Waals surface area (Å²) in [4.78, 5) is 2.53. The van der Waals surface area contributed by atoms with Crippen molar-refractivity contribution in [2.24, 2.45) is 5.10 Å². The Labute approximate surface area is 195 Å². The Balaban J connectivity index is 1.30. The molecular weight excluding hydrogens is 410 g/mol. The highest BCUT2D eigenvalue weighted by Gasteiger charge is 2.51. The van der Waals surface area contributed by atoms with Crippen molar-refractivity contribution in [1.29, 1.82) is 0 Å². The second-order valence-electron chi connectivity index (χ2n) is 9.19. The van der Waals surface area contributed by atoms with E-state index in [2.05, 4.69) is 76.6 Å². The molecule has 5 nitrogen and oxygen atoms in total. The summed E-state index contributed by atoms with van der Waals surface area (Å²) in [7, 11) is 1.71. The number of nitrogens with zero attached hydrogens (tertiary/aromatic N) is 3. The van der Waals surface area contributed by atoms with Crippen molar-refractivity contribution in [3.05, 3.63) is 95.6 Å². The van der Waals surface area contributed by atoms with Gasteiger partial charge < -0.3 is 9.47 Å². The van der Waals surface area contributed by atoms with Crippen LogP contribution in [0.5, 0.6) is 11.5 Å². The number of hydrogen-bond donors (Lipinski definition) is 0. The fourth-order valence-electron chi connectivity index (χ4n) is 5.44. The molecule has 1 saturated heterocycles. The van der Waals surface area contributed by atoms with Gasteiger partial charge in [0.05, 0.1) is 18.9 Å². The molecule has 3 heterocycles. The van der Waals surface area contributed by atoms with Crippen molar-refractivity contribution in [3.8, 4) is 11.5 Å². The van der Waals surface area contributed by atoms with Crippen LogP contribution in [0.2, 0.25) is 0 Å². The molecule has 0 saturated carbocycles. The highest BCUT2D eigenvalue weighted by Crippen LogP contribution is 2.50. The van der Waals surface area contributed by atoms with Crippen LogP contribution in [0.25, 0.3) is 0 Å². The molecule has 0 amide bonds. The predicted octanol–water partition coefficient (Wildman–Crippen LogP) is 5.23. The number of likely N-dealkylation sites (tertiary alicyclic amines) is 1. The topological polar surface area (TPSA) is 37.3 Å². The molecule has 5 heteroatoms. The van der Waals surface area contributed by atoms with Crippen LogP contribution < -0.4 is 9.47 Å². The molecule has 0 aromatic heterocycles. The smallest absolute Gasteiger partial charge is 0.200 e. The molecule has 1 spiro atoms. The second-order valence-corrected chi connectivity index (χ2v) is 9.19. The van der Waals surface area contributed by atoms with Crippen LogP contribution in [-0.2, 0) is 6.54 Å². The van der Waals surface area contributed by atoms with Crippen molar-refractivity contribution in [3.63, 3.8) is 0 Å². The molecule has 3 aliphatic heterocycles. The van der Waals surface area contributed by atoms with Crippen LogP contribution in [0.3, 0.4) is 0 Å². The van der Waals surface area contributed by atoms with Gasteiger partial charge in [-0.05, 0) is 23.8 Å². The van der Waals surface area contributed by atoms with Gasteiger partial charge in [-0.1, -0.05) is 60.7 Å². The molecule has 0 aliphatic carbocycles. The molecule has 1 unspecified atom stereocenters. The summed E-state index contributed by atoms with van der Waals surface area (Å²) < 4.78 is 12.2. The molecule has 33 heavy (non-hydrogen) atoms. The minimum absolute atomic E-state index is 0.205. The van der Waals surface area contributed by atoms with Crippen LogP contribution in [0.15, 0.2) is 84.0 Å². The first-order valence-corrected chi connectivity index (χ1v) is 11.8. The number of hydrogen-bond acceptors (Lipinski definition) is 5. The van der Waals surface area contributed by atoms with Crippen molar-refractivity contribution >= 4 is 5.71 Å². The minimum atomic E-state index is -0.396. The number of piperidine rings is 1. The Morgan fingerprint density at radius 1 is 0.970 bits per heavy atom. The van der Waals surface area contributed by atoms with E-state index in [4.69, 9.17) is 14.6 Å². The molecule has 6 rings (SSSR count). The van der Waals surface area contributed by atoms with Crippen LogP contribution in [-0.4, -0.2) is 41.5 Å². The molecule has 0 radical (unpaired) electrons. The van der Waals surface area contributed by atoms with Crippen molar-refractivity contribution in [1.82, 2.24) is 9.91 Å². The zero-order valence-corrected chi connectivity index (χ0v) is 19.0. The molecule has 1 fully saturated rings. The SMILES string of the molecule is COc1cccc(C2=NN3C(C2)c2ccccc2OC32CCN(Cc3ccccc3)CC2)c1. The van der Waals surface area contributed by atoms with E-state index in [1.807, 2.05) is 12.1 Å². The monoisotopic (exact) mass is 439 g/mol. The van der Waals surface area contributed by atoms with E-state index in [9.17, 15) is 0 Å². The Morgan fingerprint density at radius 2 is 1.76 bits per heavy atom. The maximum Gasteiger partial charge on any atom is 0.200 e. The summed E-state index contributed by atoms with van der Waals surface area (Å²) in [5.41, 5.74) is 4.42.